The molecular formula is C14H25N3O2S. The molecule has 1 fully saturated rings. The van der Waals surface area contributed by atoms with Crippen molar-refractivity contribution in [3.8, 4) is 0 Å². The zero-order chi connectivity index (χ0) is 14.8. The maximum Gasteiger partial charge on any atom is 0.150 e. The molecule has 1 aliphatic heterocycles. The molecule has 0 radical (unpaired) electrons. The first-order chi connectivity index (χ1) is 9.45. The van der Waals surface area contributed by atoms with Crippen molar-refractivity contribution in [3.63, 3.8) is 0 Å². The Balaban J connectivity index is 2.13. The molecule has 6 heteroatoms. The summed E-state index contributed by atoms with van der Waals surface area (Å²) in [5.74, 6) is 0.885. The van der Waals surface area contributed by atoms with E-state index in [1.165, 1.54) is 5.69 Å². The van der Waals surface area contributed by atoms with Crippen molar-refractivity contribution in [1.82, 2.24) is 15.1 Å². The van der Waals surface area contributed by atoms with Crippen LogP contribution in [0, 0.1) is 12.8 Å². The highest BCUT2D eigenvalue weighted by molar-refractivity contribution is 7.91. The van der Waals surface area contributed by atoms with Crippen molar-refractivity contribution >= 4 is 9.84 Å². The molecule has 0 spiro atoms. The molecule has 0 aliphatic carbocycles. The summed E-state index contributed by atoms with van der Waals surface area (Å²) in [7, 11) is -2.82. The van der Waals surface area contributed by atoms with Gasteiger partial charge < -0.3 is 5.32 Å². The Morgan fingerprint density at radius 1 is 1.50 bits per heavy atom. The van der Waals surface area contributed by atoms with Crippen LogP contribution in [0.4, 0.5) is 0 Å². The number of rotatable bonds is 6. The third-order valence-corrected chi connectivity index (χ3v) is 5.81. The van der Waals surface area contributed by atoms with Crippen LogP contribution in [0.5, 0.6) is 0 Å². The molecule has 0 saturated carbocycles. The van der Waals surface area contributed by atoms with Crippen LogP contribution in [-0.2, 0) is 22.8 Å². The van der Waals surface area contributed by atoms with Crippen LogP contribution in [0.2, 0.25) is 0 Å². The van der Waals surface area contributed by atoms with E-state index in [0.29, 0.717) is 11.5 Å². The van der Waals surface area contributed by atoms with E-state index in [1.807, 2.05) is 11.6 Å². The fourth-order valence-corrected chi connectivity index (χ4v) is 4.95. The van der Waals surface area contributed by atoms with Crippen molar-refractivity contribution in [3.05, 3.63) is 17.5 Å². The van der Waals surface area contributed by atoms with Gasteiger partial charge in [-0.1, -0.05) is 6.92 Å². The summed E-state index contributed by atoms with van der Waals surface area (Å²) in [5.41, 5.74) is 2.22. The number of aromatic nitrogens is 2. The standard InChI is InChI=1S/C14H25N3O2S/c1-4-15-14(12-6-7-20(18,19)10-12)9-13-8-11(3)16-17(13)5-2/h8,12,14-15H,4-7,9-10H2,1-3H3. The third-order valence-electron chi connectivity index (χ3n) is 4.02. The van der Waals surface area contributed by atoms with Crippen LogP contribution in [0.25, 0.3) is 0 Å². The number of nitrogens with zero attached hydrogens (tertiary/aromatic N) is 2. The lowest BCUT2D eigenvalue weighted by atomic mass is 9.95. The lowest BCUT2D eigenvalue weighted by Crippen LogP contribution is -2.39. The summed E-state index contributed by atoms with van der Waals surface area (Å²) >= 11 is 0. The summed E-state index contributed by atoms with van der Waals surface area (Å²) in [5, 5.41) is 7.93. The Morgan fingerprint density at radius 3 is 2.80 bits per heavy atom. The predicted octanol–water partition coefficient (Wildman–Crippen LogP) is 1.17. The van der Waals surface area contributed by atoms with Gasteiger partial charge in [0.1, 0.15) is 0 Å². The number of aryl methyl sites for hydroxylation is 2. The van der Waals surface area contributed by atoms with E-state index in [9.17, 15) is 8.42 Å². The van der Waals surface area contributed by atoms with Crippen LogP contribution in [0.3, 0.4) is 0 Å². The van der Waals surface area contributed by atoms with Gasteiger partial charge in [-0.3, -0.25) is 4.68 Å². The molecule has 2 atom stereocenters. The summed E-state index contributed by atoms with van der Waals surface area (Å²) in [6, 6.07) is 2.33. The molecular weight excluding hydrogens is 274 g/mol. The highest BCUT2D eigenvalue weighted by Gasteiger charge is 2.33. The largest absolute Gasteiger partial charge is 0.314 e. The Bertz CT molecular complexity index is 551. The lowest BCUT2D eigenvalue weighted by Gasteiger charge is -2.23. The fraction of sp³-hybridized carbons (Fsp3) is 0.786. The van der Waals surface area contributed by atoms with E-state index in [-0.39, 0.29) is 12.0 Å². The Morgan fingerprint density at radius 2 is 2.25 bits per heavy atom. The van der Waals surface area contributed by atoms with E-state index in [0.717, 1.165) is 31.6 Å². The molecule has 1 aliphatic rings. The second-order valence-corrected chi connectivity index (χ2v) is 7.85. The van der Waals surface area contributed by atoms with Crippen molar-refractivity contribution in [2.75, 3.05) is 18.1 Å². The van der Waals surface area contributed by atoms with Crippen LogP contribution < -0.4 is 5.32 Å². The SMILES string of the molecule is CCNC(Cc1cc(C)nn1CC)C1CCS(=O)(=O)C1. The number of hydrogen-bond donors (Lipinski definition) is 1. The molecule has 20 heavy (non-hydrogen) atoms. The Kier molecular flexibility index (Phi) is 4.86. The summed E-state index contributed by atoms with van der Waals surface area (Å²) < 4.78 is 25.4. The first kappa shape index (κ1) is 15.5. The van der Waals surface area contributed by atoms with Gasteiger partial charge in [0.05, 0.1) is 17.2 Å². The molecule has 114 valence electrons. The molecule has 0 bridgehead atoms. The van der Waals surface area contributed by atoms with E-state index in [4.69, 9.17) is 0 Å². The molecule has 0 aromatic carbocycles. The predicted molar refractivity (Wildman–Crippen MR) is 80.6 cm³/mol. The Hall–Kier alpha value is -0.880. The van der Waals surface area contributed by atoms with E-state index in [1.54, 1.807) is 0 Å². The maximum atomic E-state index is 11.7. The topological polar surface area (TPSA) is 64.0 Å². The minimum atomic E-state index is -2.82. The van der Waals surface area contributed by atoms with Crippen LogP contribution in [-0.4, -0.2) is 42.3 Å². The van der Waals surface area contributed by atoms with Gasteiger partial charge in [0.15, 0.2) is 9.84 Å². The number of likely N-dealkylation sites (N-methyl/N-ethyl adjacent to an activating group) is 1. The van der Waals surface area contributed by atoms with Gasteiger partial charge in [0, 0.05) is 24.7 Å². The quantitative estimate of drug-likeness (QED) is 0.856. The van der Waals surface area contributed by atoms with Crippen LogP contribution in [0.1, 0.15) is 31.7 Å². The summed E-state index contributed by atoms with van der Waals surface area (Å²) in [4.78, 5) is 0. The first-order valence-corrected chi connectivity index (χ1v) is 9.24. The van der Waals surface area contributed by atoms with Crippen LogP contribution in [0.15, 0.2) is 6.07 Å². The summed E-state index contributed by atoms with van der Waals surface area (Å²) in [6.07, 6.45) is 1.63. The molecule has 2 heterocycles. The number of nitrogens with one attached hydrogen (secondary N) is 1. The normalized spacial score (nSPS) is 23.1. The van der Waals surface area contributed by atoms with Gasteiger partial charge in [-0.15, -0.1) is 0 Å². The molecule has 5 nitrogen and oxygen atoms in total. The van der Waals surface area contributed by atoms with E-state index < -0.39 is 9.84 Å². The average Bonchev–Trinajstić information content (AvgIpc) is 2.91. The molecule has 1 N–H and O–H groups in total. The fourth-order valence-electron chi connectivity index (χ4n) is 3.07. The zero-order valence-corrected chi connectivity index (χ0v) is 13.4. The second-order valence-electron chi connectivity index (χ2n) is 5.62. The van der Waals surface area contributed by atoms with Gasteiger partial charge in [-0.2, -0.15) is 5.10 Å². The molecule has 2 unspecified atom stereocenters. The smallest absolute Gasteiger partial charge is 0.150 e. The molecule has 0 amide bonds. The minimum absolute atomic E-state index is 0.221. The van der Waals surface area contributed by atoms with Gasteiger partial charge in [0.25, 0.3) is 0 Å². The monoisotopic (exact) mass is 299 g/mol. The minimum Gasteiger partial charge on any atom is -0.314 e. The van der Waals surface area contributed by atoms with Crippen molar-refractivity contribution in [2.24, 2.45) is 5.92 Å². The highest BCUT2D eigenvalue weighted by atomic mass is 32.2. The van der Waals surface area contributed by atoms with Crippen molar-refractivity contribution in [1.29, 1.82) is 0 Å². The lowest BCUT2D eigenvalue weighted by molar-refractivity contribution is 0.377. The third kappa shape index (κ3) is 3.61. The van der Waals surface area contributed by atoms with Gasteiger partial charge in [-0.05, 0) is 38.8 Å². The molecule has 1 saturated heterocycles. The van der Waals surface area contributed by atoms with Crippen molar-refractivity contribution in [2.45, 2.75) is 46.2 Å². The maximum absolute atomic E-state index is 11.7. The van der Waals surface area contributed by atoms with Crippen molar-refractivity contribution < 1.29 is 8.42 Å². The highest BCUT2D eigenvalue weighted by Crippen LogP contribution is 2.24. The average molecular weight is 299 g/mol. The van der Waals surface area contributed by atoms with Gasteiger partial charge >= 0.3 is 0 Å². The van der Waals surface area contributed by atoms with Gasteiger partial charge in [-0.25, -0.2) is 8.42 Å². The number of sulfone groups is 1. The zero-order valence-electron chi connectivity index (χ0n) is 12.6. The molecule has 1 aromatic heterocycles. The van der Waals surface area contributed by atoms with Gasteiger partial charge in [0.2, 0.25) is 0 Å². The summed E-state index contributed by atoms with van der Waals surface area (Å²) in [6.45, 7) is 7.86. The van der Waals surface area contributed by atoms with Crippen LogP contribution >= 0.6 is 0 Å². The van der Waals surface area contributed by atoms with E-state index >= 15 is 0 Å². The number of hydrogen-bond acceptors (Lipinski definition) is 4. The second kappa shape index (κ2) is 6.26. The Labute approximate surface area is 121 Å². The molecule has 2 rings (SSSR count). The molecule has 1 aromatic rings. The van der Waals surface area contributed by atoms with E-state index in [2.05, 4.69) is 30.3 Å². The first-order valence-electron chi connectivity index (χ1n) is 7.42.